The molecular weight excluding hydrogens is 207 g/mol. The smallest absolute Gasteiger partial charge is 0.240 e. The van der Waals surface area contributed by atoms with Crippen molar-refractivity contribution in [2.24, 2.45) is 5.73 Å². The summed E-state index contributed by atoms with van der Waals surface area (Å²) in [7, 11) is 0. The molecule has 0 spiro atoms. The molecule has 16 heavy (non-hydrogen) atoms. The van der Waals surface area contributed by atoms with Crippen molar-refractivity contribution < 1.29 is 9.18 Å². The molecule has 1 aliphatic rings. The standard InChI is InChI=1S/C12H15FN2O/c1-8(9-2-4-10(13)5-3-9)15-11(16)12(14)6-7-12/h2-5,8H,6-7,14H2,1H3,(H,15,16)/t8-/m1/s1. The number of carbonyl (C=O) groups excluding carboxylic acids is 1. The molecule has 1 amide bonds. The zero-order valence-corrected chi connectivity index (χ0v) is 9.16. The van der Waals surface area contributed by atoms with Crippen molar-refractivity contribution in [3.63, 3.8) is 0 Å². The van der Waals surface area contributed by atoms with Crippen LogP contribution >= 0.6 is 0 Å². The van der Waals surface area contributed by atoms with E-state index >= 15 is 0 Å². The van der Waals surface area contributed by atoms with Crippen LogP contribution in [0.25, 0.3) is 0 Å². The number of nitrogens with two attached hydrogens (primary N) is 1. The molecule has 86 valence electrons. The third kappa shape index (κ3) is 2.22. The largest absolute Gasteiger partial charge is 0.348 e. The topological polar surface area (TPSA) is 55.1 Å². The van der Waals surface area contributed by atoms with E-state index in [1.54, 1.807) is 12.1 Å². The minimum atomic E-state index is -0.658. The van der Waals surface area contributed by atoms with E-state index in [2.05, 4.69) is 5.32 Å². The van der Waals surface area contributed by atoms with E-state index in [1.165, 1.54) is 12.1 Å². The Hall–Kier alpha value is -1.42. The number of benzene rings is 1. The molecule has 0 radical (unpaired) electrons. The van der Waals surface area contributed by atoms with Gasteiger partial charge in [0.25, 0.3) is 0 Å². The van der Waals surface area contributed by atoms with Gasteiger partial charge < -0.3 is 11.1 Å². The third-order valence-corrected chi connectivity index (χ3v) is 2.96. The average Bonchev–Trinajstić information content (AvgIpc) is 2.99. The lowest BCUT2D eigenvalue weighted by Gasteiger charge is -2.17. The van der Waals surface area contributed by atoms with Gasteiger partial charge in [-0.25, -0.2) is 4.39 Å². The average molecular weight is 222 g/mol. The number of carbonyl (C=O) groups is 1. The summed E-state index contributed by atoms with van der Waals surface area (Å²) < 4.78 is 12.7. The summed E-state index contributed by atoms with van der Waals surface area (Å²) in [5.74, 6) is -0.399. The fourth-order valence-corrected chi connectivity index (χ4v) is 1.54. The molecule has 3 nitrogen and oxygen atoms in total. The first kappa shape index (κ1) is 11.1. The van der Waals surface area contributed by atoms with Crippen molar-refractivity contribution in [2.75, 3.05) is 0 Å². The van der Waals surface area contributed by atoms with Crippen LogP contribution in [0, 0.1) is 5.82 Å². The highest BCUT2D eigenvalue weighted by atomic mass is 19.1. The molecular formula is C12H15FN2O. The predicted octanol–water partition coefficient (Wildman–Crippen LogP) is 1.49. The van der Waals surface area contributed by atoms with Gasteiger partial charge in [-0.05, 0) is 37.5 Å². The maximum atomic E-state index is 12.7. The normalized spacial score (nSPS) is 18.9. The summed E-state index contributed by atoms with van der Waals surface area (Å²) in [6.07, 6.45) is 1.49. The number of amides is 1. The maximum absolute atomic E-state index is 12.7. The molecule has 1 saturated carbocycles. The zero-order chi connectivity index (χ0) is 11.8. The van der Waals surface area contributed by atoms with E-state index in [-0.39, 0.29) is 17.8 Å². The van der Waals surface area contributed by atoms with Crippen LogP contribution in [-0.4, -0.2) is 11.4 Å². The van der Waals surface area contributed by atoms with Crippen LogP contribution in [0.3, 0.4) is 0 Å². The van der Waals surface area contributed by atoms with Crippen molar-refractivity contribution in [3.8, 4) is 0 Å². The van der Waals surface area contributed by atoms with E-state index in [0.29, 0.717) is 0 Å². The van der Waals surface area contributed by atoms with E-state index < -0.39 is 5.54 Å². The van der Waals surface area contributed by atoms with Gasteiger partial charge in [0.2, 0.25) is 5.91 Å². The van der Waals surface area contributed by atoms with E-state index in [1.807, 2.05) is 6.92 Å². The zero-order valence-electron chi connectivity index (χ0n) is 9.16. The molecule has 2 rings (SSSR count). The van der Waals surface area contributed by atoms with Gasteiger partial charge >= 0.3 is 0 Å². The predicted molar refractivity (Wildman–Crippen MR) is 59.1 cm³/mol. The van der Waals surface area contributed by atoms with Crippen LogP contribution in [0.15, 0.2) is 24.3 Å². The van der Waals surface area contributed by atoms with E-state index in [4.69, 9.17) is 5.73 Å². The molecule has 0 aromatic heterocycles. The van der Waals surface area contributed by atoms with Crippen molar-refractivity contribution in [1.29, 1.82) is 0 Å². The summed E-state index contributed by atoms with van der Waals surface area (Å²) in [6.45, 7) is 1.86. The Morgan fingerprint density at radius 1 is 1.44 bits per heavy atom. The van der Waals surface area contributed by atoms with Crippen LogP contribution in [0.5, 0.6) is 0 Å². The summed E-state index contributed by atoms with van der Waals surface area (Å²) in [4.78, 5) is 11.7. The third-order valence-electron chi connectivity index (χ3n) is 2.96. The molecule has 0 aliphatic heterocycles. The van der Waals surface area contributed by atoms with Gasteiger partial charge in [-0.1, -0.05) is 12.1 Å². The summed E-state index contributed by atoms with van der Waals surface area (Å²) in [5.41, 5.74) is 5.98. The second-order valence-electron chi connectivity index (χ2n) is 4.40. The monoisotopic (exact) mass is 222 g/mol. The summed E-state index contributed by atoms with van der Waals surface area (Å²) >= 11 is 0. The molecule has 0 bridgehead atoms. The van der Waals surface area contributed by atoms with Gasteiger partial charge in [-0.3, -0.25) is 4.79 Å². The fourth-order valence-electron chi connectivity index (χ4n) is 1.54. The first-order chi connectivity index (χ1) is 7.51. The fraction of sp³-hybridized carbons (Fsp3) is 0.417. The van der Waals surface area contributed by atoms with E-state index in [9.17, 15) is 9.18 Å². The van der Waals surface area contributed by atoms with Gasteiger partial charge in [-0.2, -0.15) is 0 Å². The van der Waals surface area contributed by atoms with Gasteiger partial charge in [0.05, 0.1) is 11.6 Å². The molecule has 1 aliphatic carbocycles. The van der Waals surface area contributed by atoms with Crippen molar-refractivity contribution in [2.45, 2.75) is 31.3 Å². The van der Waals surface area contributed by atoms with Gasteiger partial charge in [0, 0.05) is 0 Å². The summed E-state index contributed by atoms with van der Waals surface area (Å²) in [5, 5.41) is 2.83. The molecule has 0 heterocycles. The number of nitrogens with one attached hydrogen (secondary N) is 1. The number of halogens is 1. The Bertz CT molecular complexity index is 398. The van der Waals surface area contributed by atoms with Gasteiger partial charge in [-0.15, -0.1) is 0 Å². The second kappa shape index (κ2) is 3.87. The molecule has 1 atom stereocenters. The highest BCUT2D eigenvalue weighted by Crippen LogP contribution is 2.32. The Morgan fingerprint density at radius 3 is 2.50 bits per heavy atom. The Morgan fingerprint density at radius 2 is 2.00 bits per heavy atom. The van der Waals surface area contributed by atoms with Crippen LogP contribution in [0.1, 0.15) is 31.4 Å². The van der Waals surface area contributed by atoms with Crippen LogP contribution in [0.2, 0.25) is 0 Å². The van der Waals surface area contributed by atoms with Crippen LogP contribution in [-0.2, 0) is 4.79 Å². The van der Waals surface area contributed by atoms with Crippen LogP contribution < -0.4 is 11.1 Å². The molecule has 0 saturated heterocycles. The van der Waals surface area contributed by atoms with E-state index in [0.717, 1.165) is 18.4 Å². The molecule has 0 unspecified atom stereocenters. The highest BCUT2D eigenvalue weighted by Gasteiger charge is 2.46. The molecule has 4 heteroatoms. The lowest BCUT2D eigenvalue weighted by molar-refractivity contribution is -0.123. The Balaban J connectivity index is 2.00. The lowest BCUT2D eigenvalue weighted by Crippen LogP contribution is -2.43. The minimum Gasteiger partial charge on any atom is -0.348 e. The number of hydrogen-bond acceptors (Lipinski definition) is 2. The SMILES string of the molecule is C[C@@H](NC(=O)C1(N)CC1)c1ccc(F)cc1. The first-order valence-electron chi connectivity index (χ1n) is 5.36. The Labute approximate surface area is 93.8 Å². The molecule has 3 N–H and O–H groups in total. The number of rotatable bonds is 3. The van der Waals surface area contributed by atoms with Gasteiger partial charge in [0.15, 0.2) is 0 Å². The molecule has 1 fully saturated rings. The first-order valence-corrected chi connectivity index (χ1v) is 5.36. The maximum Gasteiger partial charge on any atom is 0.240 e. The molecule has 1 aromatic carbocycles. The highest BCUT2D eigenvalue weighted by molar-refractivity contribution is 5.89. The Kier molecular flexibility index (Phi) is 2.68. The number of hydrogen-bond donors (Lipinski definition) is 2. The summed E-state index contributed by atoms with van der Waals surface area (Å²) in [6, 6.07) is 5.95. The van der Waals surface area contributed by atoms with Crippen molar-refractivity contribution in [1.82, 2.24) is 5.32 Å². The minimum absolute atomic E-state index is 0.121. The van der Waals surface area contributed by atoms with Crippen molar-refractivity contribution >= 4 is 5.91 Å². The lowest BCUT2D eigenvalue weighted by atomic mass is 10.1. The van der Waals surface area contributed by atoms with Crippen LogP contribution in [0.4, 0.5) is 4.39 Å². The second-order valence-corrected chi connectivity index (χ2v) is 4.40. The van der Waals surface area contributed by atoms with Gasteiger partial charge in [0.1, 0.15) is 5.82 Å². The molecule has 1 aromatic rings. The quantitative estimate of drug-likeness (QED) is 0.814. The van der Waals surface area contributed by atoms with Crippen molar-refractivity contribution in [3.05, 3.63) is 35.6 Å².